The van der Waals surface area contributed by atoms with Crippen LogP contribution in [0.15, 0.2) is 18.2 Å². The topological polar surface area (TPSA) is 23.8 Å². The molecule has 0 saturated heterocycles. The second-order valence-electron chi connectivity index (χ2n) is 2.63. The molecule has 1 aromatic carbocycles. The van der Waals surface area contributed by atoms with E-state index in [0.29, 0.717) is 6.07 Å². The lowest BCUT2D eigenvalue weighted by atomic mass is 10.0. The Morgan fingerprint density at radius 2 is 1.93 bits per heavy atom. The van der Waals surface area contributed by atoms with Gasteiger partial charge in [0.2, 0.25) is 0 Å². The summed E-state index contributed by atoms with van der Waals surface area (Å²) in [6.07, 6.45) is -4.99. The Bertz CT molecular complexity index is 375. The Morgan fingerprint density at radius 3 is 2.43 bits per heavy atom. The lowest BCUT2D eigenvalue weighted by molar-refractivity contribution is -0.138. The molecule has 0 spiro atoms. The molecule has 0 radical (unpaired) electrons. The summed E-state index contributed by atoms with van der Waals surface area (Å²) in [6.45, 7) is 0. The van der Waals surface area contributed by atoms with Crippen molar-refractivity contribution in [3.63, 3.8) is 0 Å². The van der Waals surface area contributed by atoms with Crippen LogP contribution in [0.25, 0.3) is 0 Å². The van der Waals surface area contributed by atoms with E-state index >= 15 is 0 Å². The molecule has 0 heterocycles. The van der Waals surface area contributed by atoms with Gasteiger partial charge in [0.25, 0.3) is 0 Å². The monoisotopic (exact) mass is 203 g/mol. The van der Waals surface area contributed by atoms with Gasteiger partial charge >= 0.3 is 6.18 Å². The molecule has 0 aliphatic rings. The number of benzene rings is 1. The molecule has 0 bridgehead atoms. The zero-order valence-electron chi connectivity index (χ0n) is 6.90. The Balaban J connectivity index is 3.23. The van der Waals surface area contributed by atoms with E-state index in [1.807, 2.05) is 0 Å². The molecule has 0 amide bonds. The molecule has 14 heavy (non-hydrogen) atoms. The maximum absolute atomic E-state index is 12.6. The minimum atomic E-state index is -4.54. The van der Waals surface area contributed by atoms with Crippen LogP contribution in [-0.4, -0.2) is 0 Å². The van der Waals surface area contributed by atoms with Crippen LogP contribution in [0.5, 0.6) is 0 Å². The van der Waals surface area contributed by atoms with E-state index in [2.05, 4.69) is 0 Å². The zero-order chi connectivity index (χ0) is 10.8. The van der Waals surface area contributed by atoms with Crippen LogP contribution >= 0.6 is 0 Å². The molecule has 74 valence electrons. The molecular weight excluding hydrogens is 198 g/mol. The first kappa shape index (κ1) is 10.5. The SMILES string of the molecule is N#CCc1cc(F)ccc1C(F)(F)F. The first-order valence-corrected chi connectivity index (χ1v) is 3.67. The third-order valence-corrected chi connectivity index (χ3v) is 1.64. The summed E-state index contributed by atoms with van der Waals surface area (Å²) in [7, 11) is 0. The smallest absolute Gasteiger partial charge is 0.207 e. The van der Waals surface area contributed by atoms with Crippen LogP contribution in [0.1, 0.15) is 11.1 Å². The van der Waals surface area contributed by atoms with E-state index in [0.717, 1.165) is 12.1 Å². The van der Waals surface area contributed by atoms with Gasteiger partial charge in [0.15, 0.2) is 0 Å². The number of nitriles is 1. The molecule has 0 N–H and O–H groups in total. The highest BCUT2D eigenvalue weighted by atomic mass is 19.4. The van der Waals surface area contributed by atoms with Crippen molar-refractivity contribution in [3.05, 3.63) is 35.1 Å². The maximum Gasteiger partial charge on any atom is 0.416 e. The molecule has 0 aromatic heterocycles. The van der Waals surface area contributed by atoms with Gasteiger partial charge in [-0.05, 0) is 23.8 Å². The van der Waals surface area contributed by atoms with Gasteiger partial charge in [-0.2, -0.15) is 18.4 Å². The molecule has 1 rings (SSSR count). The number of halogens is 4. The van der Waals surface area contributed by atoms with Gasteiger partial charge in [-0.3, -0.25) is 0 Å². The van der Waals surface area contributed by atoms with Crippen LogP contribution in [0, 0.1) is 17.1 Å². The second kappa shape index (κ2) is 3.66. The molecule has 0 fully saturated rings. The molecule has 0 unspecified atom stereocenters. The normalized spacial score (nSPS) is 11.1. The minimum absolute atomic E-state index is 0.333. The lowest BCUT2D eigenvalue weighted by Crippen LogP contribution is -2.09. The van der Waals surface area contributed by atoms with Gasteiger partial charge in [-0.15, -0.1) is 0 Å². The van der Waals surface area contributed by atoms with Gasteiger partial charge in [0.05, 0.1) is 18.1 Å². The third kappa shape index (κ3) is 2.22. The molecule has 0 aliphatic carbocycles. The quantitative estimate of drug-likeness (QED) is 0.644. The van der Waals surface area contributed by atoms with Gasteiger partial charge in [-0.1, -0.05) is 0 Å². The largest absolute Gasteiger partial charge is 0.416 e. The van der Waals surface area contributed by atoms with Gasteiger partial charge in [0, 0.05) is 0 Å². The molecule has 0 atom stereocenters. The second-order valence-corrected chi connectivity index (χ2v) is 2.63. The summed E-state index contributed by atoms with van der Waals surface area (Å²) in [5.41, 5.74) is -1.29. The minimum Gasteiger partial charge on any atom is -0.207 e. The first-order chi connectivity index (χ1) is 6.45. The highest BCUT2D eigenvalue weighted by Gasteiger charge is 2.33. The number of hydrogen-bond donors (Lipinski definition) is 0. The summed E-state index contributed by atoms with van der Waals surface area (Å²) in [5, 5.41) is 8.26. The zero-order valence-corrected chi connectivity index (χ0v) is 6.90. The Morgan fingerprint density at radius 1 is 1.29 bits per heavy atom. The Labute approximate surface area is 77.6 Å². The summed E-state index contributed by atoms with van der Waals surface area (Å²) < 4.78 is 49.4. The van der Waals surface area contributed by atoms with E-state index in [4.69, 9.17) is 5.26 Å². The number of alkyl halides is 3. The van der Waals surface area contributed by atoms with Crippen LogP contribution in [0.4, 0.5) is 17.6 Å². The molecule has 5 heteroatoms. The van der Waals surface area contributed by atoms with Crippen molar-refractivity contribution in [2.24, 2.45) is 0 Å². The number of hydrogen-bond acceptors (Lipinski definition) is 1. The molecule has 1 nitrogen and oxygen atoms in total. The van der Waals surface area contributed by atoms with Crippen molar-refractivity contribution < 1.29 is 17.6 Å². The van der Waals surface area contributed by atoms with Crippen molar-refractivity contribution >= 4 is 0 Å². The fraction of sp³-hybridized carbons (Fsp3) is 0.222. The highest BCUT2D eigenvalue weighted by molar-refractivity contribution is 5.32. The molecule has 0 saturated carbocycles. The van der Waals surface area contributed by atoms with E-state index in [1.165, 1.54) is 0 Å². The van der Waals surface area contributed by atoms with Crippen molar-refractivity contribution in [3.8, 4) is 6.07 Å². The average molecular weight is 203 g/mol. The fourth-order valence-corrected chi connectivity index (χ4v) is 1.07. The van der Waals surface area contributed by atoms with Crippen LogP contribution in [-0.2, 0) is 12.6 Å². The maximum atomic E-state index is 12.6. The standard InChI is InChI=1S/C9H5F4N/c10-7-1-2-8(9(11,12)13)6(5-7)3-4-14/h1-2,5H,3H2. The van der Waals surface area contributed by atoms with Gasteiger partial charge in [-0.25, -0.2) is 4.39 Å². The van der Waals surface area contributed by atoms with Crippen molar-refractivity contribution in [2.75, 3.05) is 0 Å². The van der Waals surface area contributed by atoms with Crippen LogP contribution in [0.2, 0.25) is 0 Å². The summed E-state index contributed by atoms with van der Waals surface area (Å²) >= 11 is 0. The van der Waals surface area contributed by atoms with E-state index in [9.17, 15) is 17.6 Å². The first-order valence-electron chi connectivity index (χ1n) is 3.67. The van der Waals surface area contributed by atoms with Crippen molar-refractivity contribution in [1.29, 1.82) is 5.26 Å². The van der Waals surface area contributed by atoms with Crippen molar-refractivity contribution in [1.82, 2.24) is 0 Å². The average Bonchev–Trinajstić information content (AvgIpc) is 2.02. The highest BCUT2D eigenvalue weighted by Crippen LogP contribution is 2.32. The fourth-order valence-electron chi connectivity index (χ4n) is 1.07. The van der Waals surface area contributed by atoms with Crippen LogP contribution in [0.3, 0.4) is 0 Å². The van der Waals surface area contributed by atoms with Gasteiger partial charge in [0.1, 0.15) is 5.82 Å². The molecule has 0 aliphatic heterocycles. The van der Waals surface area contributed by atoms with Crippen LogP contribution < -0.4 is 0 Å². The summed E-state index contributed by atoms with van der Waals surface area (Å²) in [4.78, 5) is 0. The predicted molar refractivity (Wildman–Crippen MR) is 40.7 cm³/mol. The van der Waals surface area contributed by atoms with E-state index < -0.39 is 24.0 Å². The van der Waals surface area contributed by atoms with Crippen molar-refractivity contribution in [2.45, 2.75) is 12.6 Å². The summed E-state index contributed by atoms with van der Waals surface area (Å²) in [6, 6.07) is 3.65. The molecular formula is C9H5F4N. The third-order valence-electron chi connectivity index (χ3n) is 1.64. The van der Waals surface area contributed by atoms with Gasteiger partial charge < -0.3 is 0 Å². The van der Waals surface area contributed by atoms with E-state index in [1.54, 1.807) is 6.07 Å². The Kier molecular flexibility index (Phi) is 2.75. The lowest BCUT2D eigenvalue weighted by Gasteiger charge is -2.10. The molecule has 1 aromatic rings. The summed E-state index contributed by atoms with van der Waals surface area (Å²) in [5.74, 6) is -0.775. The Hall–Kier alpha value is -1.57. The predicted octanol–water partition coefficient (Wildman–Crippen LogP) is 2.91. The number of nitrogens with zero attached hydrogens (tertiary/aromatic N) is 1. The number of rotatable bonds is 1. The van der Waals surface area contributed by atoms with E-state index in [-0.39, 0.29) is 5.56 Å².